The lowest BCUT2D eigenvalue weighted by Gasteiger charge is -2.27. The summed E-state index contributed by atoms with van der Waals surface area (Å²) in [6.45, 7) is 0. The van der Waals surface area contributed by atoms with Crippen LogP contribution in [-0.2, 0) is 9.53 Å². The van der Waals surface area contributed by atoms with E-state index >= 15 is 0 Å². The summed E-state index contributed by atoms with van der Waals surface area (Å²) >= 11 is 0. The van der Waals surface area contributed by atoms with Crippen molar-refractivity contribution in [2.24, 2.45) is 5.73 Å². The molecular weight excluding hydrogens is 166 g/mol. The topological polar surface area (TPSA) is 113 Å². The highest BCUT2D eigenvalue weighted by Gasteiger charge is 2.69. The molecule has 0 aromatic heterocycles. The molecule has 0 amide bonds. The van der Waals surface area contributed by atoms with Gasteiger partial charge < -0.3 is 25.8 Å². The van der Waals surface area contributed by atoms with Crippen LogP contribution < -0.4 is 5.73 Å². The first-order chi connectivity index (χ1) is 5.49. The van der Waals surface area contributed by atoms with Crippen LogP contribution in [0.25, 0.3) is 0 Å². The number of carbonyl (C=O) groups is 1. The zero-order valence-corrected chi connectivity index (χ0v) is 6.04. The van der Waals surface area contributed by atoms with Gasteiger partial charge in [0.05, 0.1) is 0 Å². The Morgan fingerprint density at radius 2 is 1.92 bits per heavy atom. The lowest BCUT2D eigenvalue weighted by atomic mass is 9.95. The minimum Gasteiger partial charge on any atom is -0.455 e. The van der Waals surface area contributed by atoms with Gasteiger partial charge in [-0.05, 0) is 0 Å². The third kappa shape index (κ3) is 0.579. The van der Waals surface area contributed by atoms with Crippen LogP contribution >= 0.6 is 0 Å². The molecule has 0 aromatic carbocycles. The molecular formula is C6H9NO5. The molecule has 0 unspecified atom stereocenters. The summed E-state index contributed by atoms with van der Waals surface area (Å²) < 4.78 is 4.53. The van der Waals surface area contributed by atoms with Gasteiger partial charge in [0.15, 0.2) is 11.6 Å². The first-order valence-electron chi connectivity index (χ1n) is 3.53. The van der Waals surface area contributed by atoms with Gasteiger partial charge in [-0.3, -0.25) is 0 Å². The Labute approximate surface area is 67.5 Å². The second kappa shape index (κ2) is 1.97. The van der Waals surface area contributed by atoms with Gasteiger partial charge in [0, 0.05) is 0 Å². The van der Waals surface area contributed by atoms with E-state index in [2.05, 4.69) is 4.74 Å². The largest absolute Gasteiger partial charge is 0.455 e. The molecule has 1 saturated heterocycles. The number of hydrogen-bond acceptors (Lipinski definition) is 6. The first kappa shape index (κ1) is 7.93. The number of esters is 1. The van der Waals surface area contributed by atoms with Crippen molar-refractivity contribution in [2.45, 2.75) is 30.0 Å². The van der Waals surface area contributed by atoms with Crippen LogP contribution in [0.5, 0.6) is 0 Å². The third-order valence-electron chi connectivity index (χ3n) is 2.55. The number of aliphatic hydroxyl groups is 3. The Hall–Kier alpha value is -0.690. The van der Waals surface area contributed by atoms with Gasteiger partial charge in [-0.2, -0.15) is 0 Å². The van der Waals surface area contributed by atoms with E-state index in [9.17, 15) is 20.1 Å². The number of ether oxygens (including phenoxy) is 1. The van der Waals surface area contributed by atoms with E-state index in [-0.39, 0.29) is 0 Å². The van der Waals surface area contributed by atoms with Gasteiger partial charge in [0.2, 0.25) is 0 Å². The lowest BCUT2D eigenvalue weighted by Crippen LogP contribution is -2.61. The van der Waals surface area contributed by atoms with Crippen LogP contribution in [0.2, 0.25) is 0 Å². The van der Waals surface area contributed by atoms with E-state index in [1.165, 1.54) is 0 Å². The number of aliphatic hydroxyl groups excluding tert-OH is 3. The quantitative estimate of drug-likeness (QED) is 0.287. The van der Waals surface area contributed by atoms with Crippen molar-refractivity contribution in [2.75, 3.05) is 0 Å². The molecule has 0 spiro atoms. The number of carbonyl (C=O) groups excluding carboxylic acids is 1. The van der Waals surface area contributed by atoms with E-state index in [0.29, 0.717) is 0 Å². The summed E-state index contributed by atoms with van der Waals surface area (Å²) in [6, 6.07) is 0. The predicted octanol–water partition coefficient (Wildman–Crippen LogP) is -3.29. The van der Waals surface area contributed by atoms with E-state index in [0.717, 1.165) is 0 Å². The molecule has 1 aliphatic heterocycles. The van der Waals surface area contributed by atoms with Crippen molar-refractivity contribution in [3.63, 3.8) is 0 Å². The SMILES string of the molecule is N[C@]12C(=O)O[C@H]([C@H](O)[C@@H]1O)[C@@H]2O. The van der Waals surface area contributed by atoms with Gasteiger partial charge in [-0.25, -0.2) is 4.79 Å². The van der Waals surface area contributed by atoms with Crippen LogP contribution in [-0.4, -0.2) is 51.2 Å². The minimum atomic E-state index is -1.84. The fraction of sp³-hybridized carbons (Fsp3) is 0.833. The van der Waals surface area contributed by atoms with Crippen LogP contribution in [0.1, 0.15) is 0 Å². The maximum atomic E-state index is 10.9. The van der Waals surface area contributed by atoms with Crippen LogP contribution in [0.15, 0.2) is 0 Å². The zero-order chi connectivity index (χ0) is 9.09. The van der Waals surface area contributed by atoms with Crippen molar-refractivity contribution in [1.82, 2.24) is 0 Å². The Kier molecular flexibility index (Phi) is 1.30. The number of hydrogen-bond donors (Lipinski definition) is 4. The van der Waals surface area contributed by atoms with Gasteiger partial charge in [-0.1, -0.05) is 0 Å². The summed E-state index contributed by atoms with van der Waals surface area (Å²) in [4.78, 5) is 10.9. The molecule has 2 fully saturated rings. The molecule has 0 aromatic rings. The van der Waals surface area contributed by atoms with Crippen molar-refractivity contribution in [3.8, 4) is 0 Å². The highest BCUT2D eigenvalue weighted by Crippen LogP contribution is 2.38. The fourth-order valence-electron chi connectivity index (χ4n) is 1.70. The highest BCUT2D eigenvalue weighted by molar-refractivity contribution is 5.86. The van der Waals surface area contributed by atoms with Crippen LogP contribution in [0.4, 0.5) is 0 Å². The molecule has 12 heavy (non-hydrogen) atoms. The molecule has 5 N–H and O–H groups in total. The summed E-state index contributed by atoms with van der Waals surface area (Å²) in [7, 11) is 0. The highest BCUT2D eigenvalue weighted by atomic mass is 16.6. The monoisotopic (exact) mass is 175 g/mol. The van der Waals surface area contributed by atoms with E-state index in [4.69, 9.17) is 5.73 Å². The first-order valence-corrected chi connectivity index (χ1v) is 3.53. The average Bonchev–Trinajstić information content (AvgIpc) is 2.33. The van der Waals surface area contributed by atoms with Crippen molar-refractivity contribution in [1.29, 1.82) is 0 Å². The molecule has 6 heteroatoms. The summed E-state index contributed by atoms with van der Waals surface area (Å²) in [6.07, 6.45) is -5.14. The smallest absolute Gasteiger partial charge is 0.332 e. The van der Waals surface area contributed by atoms with Gasteiger partial charge in [0.25, 0.3) is 0 Å². The molecule has 2 aliphatic rings. The molecule has 6 nitrogen and oxygen atoms in total. The van der Waals surface area contributed by atoms with Crippen LogP contribution in [0.3, 0.4) is 0 Å². The molecule has 68 valence electrons. The summed E-state index contributed by atoms with van der Waals surface area (Å²) in [5, 5.41) is 27.7. The summed E-state index contributed by atoms with van der Waals surface area (Å²) in [5.74, 6) is -0.863. The minimum absolute atomic E-state index is 0.863. The van der Waals surface area contributed by atoms with Crippen molar-refractivity contribution >= 4 is 5.97 Å². The molecule has 0 radical (unpaired) electrons. The summed E-state index contributed by atoms with van der Waals surface area (Å²) in [5.41, 5.74) is 3.54. The molecule has 2 bridgehead atoms. The lowest BCUT2D eigenvalue weighted by molar-refractivity contribution is -0.167. The van der Waals surface area contributed by atoms with Gasteiger partial charge >= 0.3 is 5.97 Å². The zero-order valence-electron chi connectivity index (χ0n) is 6.04. The van der Waals surface area contributed by atoms with Gasteiger partial charge in [-0.15, -0.1) is 0 Å². The maximum Gasteiger partial charge on any atom is 0.332 e. The second-order valence-electron chi connectivity index (χ2n) is 3.18. The number of fused-ring (bicyclic) bond motifs is 2. The van der Waals surface area contributed by atoms with Crippen molar-refractivity contribution < 1.29 is 24.9 Å². The Bertz CT molecular complexity index is 236. The Morgan fingerprint density at radius 1 is 1.33 bits per heavy atom. The van der Waals surface area contributed by atoms with Gasteiger partial charge in [0.1, 0.15) is 18.3 Å². The Morgan fingerprint density at radius 3 is 2.25 bits per heavy atom. The van der Waals surface area contributed by atoms with E-state index in [1.54, 1.807) is 0 Å². The maximum absolute atomic E-state index is 10.9. The molecule has 1 aliphatic carbocycles. The normalized spacial score (nSPS) is 57.5. The predicted molar refractivity (Wildman–Crippen MR) is 34.8 cm³/mol. The fourth-order valence-corrected chi connectivity index (χ4v) is 1.70. The third-order valence-corrected chi connectivity index (χ3v) is 2.55. The average molecular weight is 175 g/mol. The Balaban J connectivity index is 2.44. The molecule has 5 atom stereocenters. The second-order valence-corrected chi connectivity index (χ2v) is 3.18. The number of nitrogens with two attached hydrogens (primary N) is 1. The van der Waals surface area contributed by atoms with E-state index < -0.39 is 35.9 Å². The standard InChI is InChI=1S/C6H9NO5/c7-6-3(9)1(8)2(4(6)10)12-5(6)11/h1-4,8-10H,7H2/t1-,2+,3-,4-,6+/m0/s1. The molecule has 1 heterocycles. The number of rotatable bonds is 0. The molecule has 1 saturated carbocycles. The van der Waals surface area contributed by atoms with Crippen molar-refractivity contribution in [3.05, 3.63) is 0 Å². The van der Waals surface area contributed by atoms with Crippen LogP contribution in [0, 0.1) is 0 Å². The molecule has 2 rings (SSSR count). The van der Waals surface area contributed by atoms with E-state index in [1.807, 2.05) is 0 Å².